The summed E-state index contributed by atoms with van der Waals surface area (Å²) in [5.74, 6) is -1.04. The number of hydrogen-bond donors (Lipinski definition) is 2. The van der Waals surface area contributed by atoms with Gasteiger partial charge in [-0.25, -0.2) is 9.59 Å². The number of allylic oxidation sites excluding steroid dienone is 2. The number of rotatable bonds is 7. The van der Waals surface area contributed by atoms with Gasteiger partial charge in [-0.15, -0.1) is 0 Å². The first kappa shape index (κ1) is 27.7. The van der Waals surface area contributed by atoms with Gasteiger partial charge < -0.3 is 19.7 Å². The highest BCUT2D eigenvalue weighted by Crippen LogP contribution is 2.61. The van der Waals surface area contributed by atoms with Crippen LogP contribution in [-0.2, 0) is 19.1 Å². The van der Waals surface area contributed by atoms with Crippen molar-refractivity contribution < 1.29 is 34.2 Å². The van der Waals surface area contributed by atoms with Crippen LogP contribution in [0.4, 0.5) is 5.69 Å². The smallest absolute Gasteiger partial charge is 0.337 e. The van der Waals surface area contributed by atoms with Crippen molar-refractivity contribution in [1.29, 1.82) is 0 Å². The van der Waals surface area contributed by atoms with Crippen LogP contribution in [0.2, 0.25) is 0 Å². The molecular formula is C29H35NO8. The minimum atomic E-state index is -0.840. The zero-order chi connectivity index (χ0) is 27.7. The van der Waals surface area contributed by atoms with E-state index in [0.717, 1.165) is 24.8 Å². The third kappa shape index (κ3) is 5.17. The standard InChI is InChI=1S/C29H35NO8/c1-18-4-12-24-28(2,15-14-25(32)29(24,3)17-31)22(18)11-10-21-23(16-37-27(21)34)38-26(33)13-7-19-5-8-20(9-6-19)30(35)36/h5-10,13,22-25,31-32H,1,4,11-12,14-17H2,2-3H3/b13-7+,21-10+/t22-,23?,24?,25-,28+,29+/m1/s1. The van der Waals surface area contributed by atoms with Crippen molar-refractivity contribution in [2.75, 3.05) is 13.2 Å². The molecule has 3 fully saturated rings. The van der Waals surface area contributed by atoms with Gasteiger partial charge in [0.25, 0.3) is 5.69 Å². The van der Waals surface area contributed by atoms with Crippen LogP contribution in [-0.4, -0.2) is 52.5 Å². The molecule has 9 heteroatoms. The Balaban J connectivity index is 1.46. The number of nitro groups is 1. The number of aliphatic hydroxyl groups is 2. The van der Waals surface area contributed by atoms with Crippen LogP contribution in [0.3, 0.4) is 0 Å². The number of nitrogens with zero attached hydrogens (tertiary/aromatic N) is 1. The Hall–Kier alpha value is -3.30. The number of benzene rings is 1. The molecular weight excluding hydrogens is 490 g/mol. The van der Waals surface area contributed by atoms with E-state index in [1.165, 1.54) is 36.4 Å². The molecule has 1 saturated heterocycles. The van der Waals surface area contributed by atoms with E-state index in [2.05, 4.69) is 13.5 Å². The van der Waals surface area contributed by atoms with Crippen LogP contribution in [0, 0.1) is 32.8 Å². The van der Waals surface area contributed by atoms with E-state index in [4.69, 9.17) is 9.47 Å². The average Bonchev–Trinajstić information content (AvgIpc) is 3.23. The van der Waals surface area contributed by atoms with Gasteiger partial charge in [-0.3, -0.25) is 10.1 Å². The molecule has 2 N–H and O–H groups in total. The van der Waals surface area contributed by atoms with Crippen molar-refractivity contribution in [2.45, 2.75) is 58.2 Å². The number of non-ortho nitro benzene ring substituents is 1. The highest BCUT2D eigenvalue weighted by molar-refractivity contribution is 5.93. The molecule has 0 bridgehead atoms. The summed E-state index contributed by atoms with van der Waals surface area (Å²) in [5.41, 5.74) is 1.12. The molecule has 1 aromatic carbocycles. The van der Waals surface area contributed by atoms with Gasteiger partial charge in [0.05, 0.1) is 23.2 Å². The third-order valence-corrected chi connectivity index (χ3v) is 8.99. The van der Waals surface area contributed by atoms with Crippen LogP contribution in [0.15, 0.2) is 54.1 Å². The maximum Gasteiger partial charge on any atom is 0.337 e. The molecule has 2 unspecified atom stereocenters. The van der Waals surface area contributed by atoms with Gasteiger partial charge in [0, 0.05) is 23.6 Å². The van der Waals surface area contributed by atoms with E-state index in [9.17, 15) is 29.9 Å². The van der Waals surface area contributed by atoms with E-state index < -0.39 is 34.5 Å². The molecule has 6 atom stereocenters. The lowest BCUT2D eigenvalue weighted by atomic mass is 9.46. The van der Waals surface area contributed by atoms with Gasteiger partial charge >= 0.3 is 11.9 Å². The zero-order valence-electron chi connectivity index (χ0n) is 21.8. The van der Waals surface area contributed by atoms with E-state index in [1.807, 2.05) is 6.92 Å². The molecule has 1 heterocycles. The van der Waals surface area contributed by atoms with Crippen LogP contribution < -0.4 is 0 Å². The third-order valence-electron chi connectivity index (χ3n) is 8.99. The van der Waals surface area contributed by atoms with Gasteiger partial charge in [0.1, 0.15) is 6.61 Å². The molecule has 1 aromatic rings. The minimum Gasteiger partial charge on any atom is -0.458 e. The second kappa shape index (κ2) is 10.8. The van der Waals surface area contributed by atoms with Gasteiger partial charge in [0.15, 0.2) is 6.10 Å². The summed E-state index contributed by atoms with van der Waals surface area (Å²) in [4.78, 5) is 35.2. The normalized spacial score (nSPS) is 34.3. The number of esters is 2. The first-order valence-electron chi connectivity index (χ1n) is 13.0. The predicted molar refractivity (Wildman–Crippen MR) is 140 cm³/mol. The summed E-state index contributed by atoms with van der Waals surface area (Å²) >= 11 is 0. The Morgan fingerprint density at radius 3 is 2.66 bits per heavy atom. The summed E-state index contributed by atoms with van der Waals surface area (Å²) in [5, 5.41) is 31.7. The average molecular weight is 526 g/mol. The van der Waals surface area contributed by atoms with Crippen molar-refractivity contribution in [3.05, 3.63) is 69.8 Å². The molecule has 2 aliphatic carbocycles. The van der Waals surface area contributed by atoms with E-state index in [1.54, 1.807) is 6.08 Å². The van der Waals surface area contributed by atoms with Gasteiger partial charge in [-0.2, -0.15) is 0 Å². The van der Waals surface area contributed by atoms with Crippen LogP contribution in [0.5, 0.6) is 0 Å². The topological polar surface area (TPSA) is 136 Å². The first-order chi connectivity index (χ1) is 18.0. The van der Waals surface area contributed by atoms with Crippen LogP contribution >= 0.6 is 0 Å². The Labute approximate surface area is 222 Å². The molecule has 3 aliphatic rings. The van der Waals surface area contributed by atoms with E-state index in [-0.39, 0.29) is 36.2 Å². The molecule has 0 amide bonds. The lowest BCUT2D eigenvalue weighted by molar-refractivity contribution is -0.384. The molecule has 1 aliphatic heterocycles. The second-order valence-electron chi connectivity index (χ2n) is 11.1. The summed E-state index contributed by atoms with van der Waals surface area (Å²) < 4.78 is 10.7. The molecule has 38 heavy (non-hydrogen) atoms. The van der Waals surface area contributed by atoms with Gasteiger partial charge in [-0.05, 0) is 73.1 Å². The summed E-state index contributed by atoms with van der Waals surface area (Å²) in [7, 11) is 0. The molecule has 0 radical (unpaired) electrons. The second-order valence-corrected chi connectivity index (χ2v) is 11.1. The molecule has 2 saturated carbocycles. The number of carbonyl (C=O) groups excluding carboxylic acids is 2. The maximum absolute atomic E-state index is 12.5. The van der Waals surface area contributed by atoms with E-state index in [0.29, 0.717) is 24.0 Å². The Bertz CT molecular complexity index is 1170. The number of aliphatic hydroxyl groups excluding tert-OH is 2. The molecule has 0 spiro atoms. The number of fused-ring (bicyclic) bond motifs is 1. The van der Waals surface area contributed by atoms with E-state index >= 15 is 0 Å². The Morgan fingerprint density at radius 2 is 2.00 bits per heavy atom. The largest absolute Gasteiger partial charge is 0.458 e. The van der Waals surface area contributed by atoms with Crippen LogP contribution in [0.1, 0.15) is 51.5 Å². The monoisotopic (exact) mass is 525 g/mol. The number of nitro benzene ring substituents is 1. The quantitative estimate of drug-likeness (QED) is 0.178. The highest BCUT2D eigenvalue weighted by atomic mass is 16.6. The number of hydrogen-bond acceptors (Lipinski definition) is 8. The maximum atomic E-state index is 12.5. The lowest BCUT2D eigenvalue weighted by Gasteiger charge is -2.59. The van der Waals surface area contributed by atoms with Gasteiger partial charge in [0.2, 0.25) is 0 Å². The molecule has 9 nitrogen and oxygen atoms in total. The summed E-state index contributed by atoms with van der Waals surface area (Å²) in [6, 6.07) is 5.73. The zero-order valence-corrected chi connectivity index (χ0v) is 21.8. The van der Waals surface area contributed by atoms with Gasteiger partial charge in [-0.1, -0.05) is 32.1 Å². The fourth-order valence-electron chi connectivity index (χ4n) is 6.70. The fourth-order valence-corrected chi connectivity index (χ4v) is 6.70. The molecule has 204 valence electrons. The Kier molecular flexibility index (Phi) is 7.90. The SMILES string of the molecule is C=C1CCC2[C@](C)(CO)[C@H](O)CC[C@@]2(C)[C@@H]1C/C=C1/C(=O)OCC1OC(=O)/C=C/c1ccc([N+](=O)[O-])cc1. The number of cyclic esters (lactones) is 1. The number of ether oxygens (including phenoxy) is 2. The van der Waals surface area contributed by atoms with Crippen molar-refractivity contribution in [2.24, 2.45) is 22.7 Å². The van der Waals surface area contributed by atoms with Crippen molar-refractivity contribution in [3.8, 4) is 0 Å². The van der Waals surface area contributed by atoms with Crippen LogP contribution in [0.25, 0.3) is 6.08 Å². The fraction of sp³-hybridized carbons (Fsp3) is 0.517. The Morgan fingerprint density at radius 1 is 1.29 bits per heavy atom. The van der Waals surface area contributed by atoms with Crippen molar-refractivity contribution in [3.63, 3.8) is 0 Å². The number of carbonyl (C=O) groups is 2. The van der Waals surface area contributed by atoms with Crippen molar-refractivity contribution in [1.82, 2.24) is 0 Å². The highest BCUT2D eigenvalue weighted by Gasteiger charge is 2.57. The summed E-state index contributed by atoms with van der Waals surface area (Å²) in [6.07, 6.45) is 6.60. The summed E-state index contributed by atoms with van der Waals surface area (Å²) in [6.45, 7) is 8.31. The molecule has 4 rings (SSSR count). The first-order valence-corrected chi connectivity index (χ1v) is 13.0. The predicted octanol–water partition coefficient (Wildman–Crippen LogP) is 4.14. The minimum absolute atomic E-state index is 0.0407. The van der Waals surface area contributed by atoms with Crippen molar-refractivity contribution >= 4 is 23.7 Å². The molecule has 0 aromatic heterocycles. The lowest BCUT2D eigenvalue weighted by Crippen LogP contribution is -2.57.